The maximum absolute atomic E-state index is 6.14. The molecule has 7 aromatic rings. The second-order valence-electron chi connectivity index (χ2n) is 8.45. The topological polar surface area (TPSA) is 30.9 Å². The maximum atomic E-state index is 6.14. The fraction of sp³-hybridized carbons (Fsp3) is 0. The van der Waals surface area contributed by atoms with Crippen LogP contribution in [0.3, 0.4) is 0 Å². The van der Waals surface area contributed by atoms with E-state index in [2.05, 4.69) is 108 Å². The van der Waals surface area contributed by atoms with Gasteiger partial charge in [-0.3, -0.25) is 0 Å². The number of aromatic nitrogens is 1. The normalized spacial score (nSPS) is 11.9. The van der Waals surface area contributed by atoms with E-state index in [1.165, 1.54) is 54.1 Å². The lowest BCUT2D eigenvalue weighted by Gasteiger charge is -2.13. The zero-order chi connectivity index (χ0) is 21.2. The number of fused-ring (bicyclic) bond motifs is 9. The Bertz CT molecular complexity index is 1800. The van der Waals surface area contributed by atoms with Crippen molar-refractivity contribution < 1.29 is 0 Å². The SMILES string of the molecule is Nc1ccc2c(c1)c1ccccc1n2-c1ccc2c3ccccc3c3ccccc3c2c1. The van der Waals surface area contributed by atoms with Crippen molar-refractivity contribution in [2.75, 3.05) is 5.73 Å². The Balaban J connectivity index is 1.65. The van der Waals surface area contributed by atoms with Crippen LogP contribution >= 0.6 is 0 Å². The Morgan fingerprint density at radius 3 is 1.62 bits per heavy atom. The molecule has 0 amide bonds. The first-order valence-corrected chi connectivity index (χ1v) is 10.9. The molecule has 0 fully saturated rings. The minimum Gasteiger partial charge on any atom is -0.399 e. The molecule has 0 saturated heterocycles. The number of benzene rings is 6. The van der Waals surface area contributed by atoms with E-state index in [0.29, 0.717) is 0 Å². The molecule has 0 saturated carbocycles. The molecule has 0 unspecified atom stereocenters. The smallest absolute Gasteiger partial charge is 0.0542 e. The van der Waals surface area contributed by atoms with Gasteiger partial charge in [-0.05, 0) is 68.7 Å². The molecule has 0 aliphatic carbocycles. The molecule has 0 bridgehead atoms. The Morgan fingerprint density at radius 1 is 0.406 bits per heavy atom. The summed E-state index contributed by atoms with van der Waals surface area (Å²) in [5.41, 5.74) is 10.5. The van der Waals surface area contributed by atoms with Crippen LogP contribution in [0.2, 0.25) is 0 Å². The molecule has 2 N–H and O–H groups in total. The molecule has 1 heterocycles. The van der Waals surface area contributed by atoms with Crippen LogP contribution in [-0.2, 0) is 0 Å². The van der Waals surface area contributed by atoms with Crippen molar-refractivity contribution in [3.63, 3.8) is 0 Å². The van der Waals surface area contributed by atoms with Crippen LogP contribution in [0.25, 0.3) is 59.8 Å². The van der Waals surface area contributed by atoms with Crippen molar-refractivity contribution in [1.82, 2.24) is 4.57 Å². The molecule has 0 spiro atoms. The van der Waals surface area contributed by atoms with Gasteiger partial charge in [0.1, 0.15) is 0 Å². The van der Waals surface area contributed by atoms with Gasteiger partial charge in [0.2, 0.25) is 0 Å². The molecule has 0 atom stereocenters. The van der Waals surface area contributed by atoms with Crippen molar-refractivity contribution >= 4 is 59.8 Å². The van der Waals surface area contributed by atoms with Gasteiger partial charge < -0.3 is 10.3 Å². The first kappa shape index (κ1) is 17.4. The predicted octanol–water partition coefficient (Wildman–Crippen LogP) is 7.83. The third-order valence-electron chi connectivity index (χ3n) is 6.68. The number of hydrogen-bond donors (Lipinski definition) is 1. The number of hydrogen-bond acceptors (Lipinski definition) is 1. The zero-order valence-electron chi connectivity index (χ0n) is 17.4. The molecule has 2 nitrogen and oxygen atoms in total. The van der Waals surface area contributed by atoms with Crippen molar-refractivity contribution in [3.05, 3.63) is 109 Å². The summed E-state index contributed by atoms with van der Waals surface area (Å²) >= 11 is 0. The summed E-state index contributed by atoms with van der Waals surface area (Å²) in [4.78, 5) is 0. The Kier molecular flexibility index (Phi) is 3.45. The van der Waals surface area contributed by atoms with Gasteiger partial charge in [-0.25, -0.2) is 0 Å². The maximum Gasteiger partial charge on any atom is 0.0542 e. The second kappa shape index (κ2) is 6.35. The number of rotatable bonds is 1. The van der Waals surface area contributed by atoms with E-state index in [-0.39, 0.29) is 0 Å². The van der Waals surface area contributed by atoms with Gasteiger partial charge in [0, 0.05) is 22.1 Å². The summed E-state index contributed by atoms with van der Waals surface area (Å²) in [6, 6.07) is 39.0. The minimum absolute atomic E-state index is 0.788. The predicted molar refractivity (Wildman–Crippen MR) is 138 cm³/mol. The van der Waals surface area contributed by atoms with E-state index < -0.39 is 0 Å². The van der Waals surface area contributed by atoms with Crippen molar-refractivity contribution in [2.45, 2.75) is 0 Å². The van der Waals surface area contributed by atoms with Gasteiger partial charge in [-0.15, -0.1) is 0 Å². The van der Waals surface area contributed by atoms with E-state index in [4.69, 9.17) is 5.73 Å². The van der Waals surface area contributed by atoms with Crippen molar-refractivity contribution in [3.8, 4) is 5.69 Å². The molecule has 2 heteroatoms. The van der Waals surface area contributed by atoms with Gasteiger partial charge in [-0.1, -0.05) is 72.8 Å². The Morgan fingerprint density at radius 2 is 0.938 bits per heavy atom. The zero-order valence-corrected chi connectivity index (χ0v) is 17.4. The number of nitrogens with two attached hydrogens (primary N) is 1. The van der Waals surface area contributed by atoms with Crippen molar-refractivity contribution in [1.29, 1.82) is 0 Å². The number of para-hydroxylation sites is 1. The van der Waals surface area contributed by atoms with Crippen LogP contribution in [0, 0.1) is 0 Å². The lowest BCUT2D eigenvalue weighted by atomic mass is 9.94. The molecule has 0 aliphatic heterocycles. The number of nitrogens with zero attached hydrogens (tertiary/aromatic N) is 1. The molecule has 0 radical (unpaired) electrons. The molecule has 32 heavy (non-hydrogen) atoms. The summed E-state index contributed by atoms with van der Waals surface area (Å²) in [6.07, 6.45) is 0. The van der Waals surface area contributed by atoms with Crippen LogP contribution < -0.4 is 5.73 Å². The van der Waals surface area contributed by atoms with E-state index in [1.807, 2.05) is 6.07 Å². The fourth-order valence-corrected chi connectivity index (χ4v) is 5.30. The summed E-state index contributed by atoms with van der Waals surface area (Å²) in [7, 11) is 0. The highest BCUT2D eigenvalue weighted by molar-refractivity contribution is 6.25. The molecule has 6 aromatic carbocycles. The van der Waals surface area contributed by atoms with Gasteiger partial charge in [0.15, 0.2) is 0 Å². The third kappa shape index (κ3) is 2.29. The fourth-order valence-electron chi connectivity index (χ4n) is 5.30. The Hall–Kier alpha value is -4.30. The first-order valence-electron chi connectivity index (χ1n) is 10.9. The highest BCUT2D eigenvalue weighted by atomic mass is 15.0. The van der Waals surface area contributed by atoms with Crippen molar-refractivity contribution in [2.24, 2.45) is 0 Å². The Labute approximate surface area is 185 Å². The van der Waals surface area contributed by atoms with Crippen LogP contribution in [-0.4, -0.2) is 4.57 Å². The summed E-state index contributed by atoms with van der Waals surface area (Å²) in [6.45, 7) is 0. The van der Waals surface area contributed by atoms with Crippen LogP contribution in [0.4, 0.5) is 5.69 Å². The standard InChI is InChI=1S/C30H20N2/c31-19-13-16-30-28(17-19)26-11-5-6-12-29(26)32(30)20-14-15-25-23-9-2-1-7-21(23)22-8-3-4-10-24(22)27(25)18-20/h1-18H,31H2. The summed E-state index contributed by atoms with van der Waals surface area (Å²) < 4.78 is 2.35. The van der Waals surface area contributed by atoms with Gasteiger partial charge in [0.05, 0.1) is 11.0 Å². The van der Waals surface area contributed by atoms with E-state index in [0.717, 1.165) is 11.4 Å². The third-order valence-corrected chi connectivity index (χ3v) is 6.68. The van der Waals surface area contributed by atoms with E-state index in [1.54, 1.807) is 0 Å². The molecule has 1 aromatic heterocycles. The minimum atomic E-state index is 0.788. The summed E-state index contributed by atoms with van der Waals surface area (Å²) in [5, 5.41) is 10.1. The molecular formula is C30H20N2. The van der Waals surface area contributed by atoms with Gasteiger partial charge in [-0.2, -0.15) is 0 Å². The van der Waals surface area contributed by atoms with Crippen LogP contribution in [0.5, 0.6) is 0 Å². The second-order valence-corrected chi connectivity index (χ2v) is 8.45. The quantitative estimate of drug-likeness (QED) is 0.218. The molecular weight excluding hydrogens is 388 g/mol. The molecule has 0 aliphatic rings. The summed E-state index contributed by atoms with van der Waals surface area (Å²) in [5.74, 6) is 0. The van der Waals surface area contributed by atoms with Gasteiger partial charge >= 0.3 is 0 Å². The monoisotopic (exact) mass is 408 g/mol. The highest BCUT2D eigenvalue weighted by Crippen LogP contribution is 2.38. The van der Waals surface area contributed by atoms with Crippen LogP contribution in [0.1, 0.15) is 0 Å². The van der Waals surface area contributed by atoms with Gasteiger partial charge in [0.25, 0.3) is 0 Å². The highest BCUT2D eigenvalue weighted by Gasteiger charge is 2.14. The molecule has 150 valence electrons. The lowest BCUT2D eigenvalue weighted by molar-refractivity contribution is 1.19. The average Bonchev–Trinajstić information content (AvgIpc) is 3.17. The lowest BCUT2D eigenvalue weighted by Crippen LogP contribution is -1.94. The number of nitrogen functional groups attached to an aromatic ring is 1. The van der Waals surface area contributed by atoms with E-state index in [9.17, 15) is 0 Å². The largest absolute Gasteiger partial charge is 0.399 e. The van der Waals surface area contributed by atoms with E-state index >= 15 is 0 Å². The first-order chi connectivity index (χ1) is 15.8. The molecule has 7 rings (SSSR count). The average molecular weight is 409 g/mol. The van der Waals surface area contributed by atoms with Crippen LogP contribution in [0.15, 0.2) is 109 Å². The number of anilines is 1.